The zero-order valence-corrected chi connectivity index (χ0v) is 14.3. The van der Waals surface area contributed by atoms with Crippen molar-refractivity contribution in [3.63, 3.8) is 0 Å². The van der Waals surface area contributed by atoms with Crippen LogP contribution >= 0.6 is 0 Å². The minimum Gasteiger partial charge on any atom is -0.396 e. The van der Waals surface area contributed by atoms with Crippen molar-refractivity contribution in [1.29, 1.82) is 0 Å². The quantitative estimate of drug-likeness (QED) is 0.563. The summed E-state index contributed by atoms with van der Waals surface area (Å²) in [5.41, 5.74) is -0.00866. The van der Waals surface area contributed by atoms with Gasteiger partial charge < -0.3 is 14.6 Å². The second-order valence-electron chi connectivity index (χ2n) is 7.07. The van der Waals surface area contributed by atoms with Gasteiger partial charge in [0.05, 0.1) is 11.7 Å². The molecular weight excluding hydrogens is 266 g/mol. The fourth-order valence-electron chi connectivity index (χ4n) is 2.59. The predicted octanol–water partition coefficient (Wildman–Crippen LogP) is 2.84. The number of likely N-dealkylation sites (tertiary alicyclic amines) is 1. The molecule has 0 aromatic heterocycles. The Morgan fingerprint density at radius 1 is 0.952 bits per heavy atom. The maximum atomic E-state index is 8.66. The summed E-state index contributed by atoms with van der Waals surface area (Å²) in [6.07, 6.45) is 7.16. The topological polar surface area (TPSA) is 41.9 Å². The lowest BCUT2D eigenvalue weighted by Gasteiger charge is -2.42. The molecule has 21 heavy (non-hydrogen) atoms. The molecular formula is C17H35NO3. The predicted molar refractivity (Wildman–Crippen MR) is 86.7 cm³/mol. The SMILES string of the molecule is CC(C)(C)OC1CN(CCCCCOCCCCCO)C1. The third kappa shape index (κ3) is 10.2. The standard InChI is InChI=1S/C17H35NO3/c1-17(2,3)21-16-14-18(15-16)10-6-4-8-12-20-13-9-5-7-11-19/h16,19H,4-15H2,1-3H3. The lowest BCUT2D eigenvalue weighted by molar-refractivity contribution is -0.124. The first-order chi connectivity index (χ1) is 10.0. The fraction of sp³-hybridized carbons (Fsp3) is 1.00. The molecule has 1 fully saturated rings. The van der Waals surface area contributed by atoms with Gasteiger partial charge in [0, 0.05) is 32.9 Å². The molecule has 0 aromatic rings. The molecule has 0 atom stereocenters. The number of hydrogen-bond donors (Lipinski definition) is 1. The molecule has 1 saturated heterocycles. The Kier molecular flexibility index (Phi) is 9.49. The van der Waals surface area contributed by atoms with Crippen molar-refractivity contribution in [2.24, 2.45) is 0 Å². The smallest absolute Gasteiger partial charge is 0.0835 e. The van der Waals surface area contributed by atoms with E-state index in [0.717, 1.165) is 52.0 Å². The van der Waals surface area contributed by atoms with E-state index < -0.39 is 0 Å². The van der Waals surface area contributed by atoms with Crippen molar-refractivity contribution >= 4 is 0 Å². The van der Waals surface area contributed by atoms with Crippen molar-refractivity contribution in [3.05, 3.63) is 0 Å². The van der Waals surface area contributed by atoms with Crippen LogP contribution in [-0.2, 0) is 9.47 Å². The highest BCUT2D eigenvalue weighted by molar-refractivity contribution is 4.82. The van der Waals surface area contributed by atoms with E-state index in [-0.39, 0.29) is 5.60 Å². The third-order valence-electron chi connectivity index (χ3n) is 3.65. The van der Waals surface area contributed by atoms with Crippen LogP contribution in [0.1, 0.15) is 59.3 Å². The van der Waals surface area contributed by atoms with E-state index in [1.807, 2.05) is 0 Å². The van der Waals surface area contributed by atoms with Crippen LogP contribution in [0.4, 0.5) is 0 Å². The lowest BCUT2D eigenvalue weighted by Crippen LogP contribution is -2.54. The Bertz CT molecular complexity index is 247. The molecule has 0 bridgehead atoms. The first-order valence-electron chi connectivity index (χ1n) is 8.60. The average Bonchev–Trinajstić information content (AvgIpc) is 2.36. The first kappa shape index (κ1) is 18.9. The Morgan fingerprint density at radius 3 is 2.14 bits per heavy atom. The summed E-state index contributed by atoms with van der Waals surface area (Å²) >= 11 is 0. The molecule has 4 nitrogen and oxygen atoms in total. The molecule has 1 heterocycles. The minimum absolute atomic E-state index is 0.00866. The van der Waals surface area contributed by atoms with Crippen LogP contribution in [0.3, 0.4) is 0 Å². The van der Waals surface area contributed by atoms with Gasteiger partial charge >= 0.3 is 0 Å². The zero-order chi connectivity index (χ0) is 15.6. The van der Waals surface area contributed by atoms with Gasteiger partial charge in [0.2, 0.25) is 0 Å². The molecule has 0 amide bonds. The van der Waals surface area contributed by atoms with E-state index in [2.05, 4.69) is 25.7 Å². The Hall–Kier alpha value is -0.160. The van der Waals surface area contributed by atoms with Gasteiger partial charge in [-0.25, -0.2) is 0 Å². The normalized spacial score (nSPS) is 17.1. The van der Waals surface area contributed by atoms with Crippen LogP contribution in [-0.4, -0.2) is 61.2 Å². The van der Waals surface area contributed by atoms with E-state index in [1.165, 1.54) is 19.4 Å². The number of ether oxygens (including phenoxy) is 2. The van der Waals surface area contributed by atoms with Gasteiger partial charge in [-0.15, -0.1) is 0 Å². The number of aliphatic hydroxyl groups is 1. The molecule has 0 radical (unpaired) electrons. The van der Waals surface area contributed by atoms with Gasteiger partial charge in [0.25, 0.3) is 0 Å². The van der Waals surface area contributed by atoms with Crippen molar-refractivity contribution in [2.75, 3.05) is 39.5 Å². The Balaban J connectivity index is 1.78. The number of aliphatic hydroxyl groups excluding tert-OH is 1. The van der Waals surface area contributed by atoms with Crippen LogP contribution in [0.2, 0.25) is 0 Å². The summed E-state index contributed by atoms with van der Waals surface area (Å²) in [6, 6.07) is 0. The number of rotatable bonds is 12. The molecule has 1 aliphatic heterocycles. The largest absolute Gasteiger partial charge is 0.396 e. The summed E-state index contributed by atoms with van der Waals surface area (Å²) in [7, 11) is 0. The summed E-state index contributed by atoms with van der Waals surface area (Å²) in [4.78, 5) is 2.48. The van der Waals surface area contributed by atoms with E-state index in [9.17, 15) is 0 Å². The second-order valence-corrected chi connectivity index (χ2v) is 7.07. The van der Waals surface area contributed by atoms with Gasteiger partial charge in [0.15, 0.2) is 0 Å². The van der Waals surface area contributed by atoms with Crippen LogP contribution < -0.4 is 0 Å². The van der Waals surface area contributed by atoms with Crippen LogP contribution in [0, 0.1) is 0 Å². The molecule has 4 heteroatoms. The number of nitrogens with zero attached hydrogens (tertiary/aromatic N) is 1. The Labute approximate surface area is 130 Å². The van der Waals surface area contributed by atoms with Crippen LogP contribution in [0.5, 0.6) is 0 Å². The van der Waals surface area contributed by atoms with Crippen molar-refractivity contribution < 1.29 is 14.6 Å². The summed E-state index contributed by atoms with van der Waals surface area (Å²) in [6.45, 7) is 11.8. The number of unbranched alkanes of at least 4 members (excludes halogenated alkanes) is 4. The molecule has 126 valence electrons. The van der Waals surface area contributed by atoms with Gasteiger partial charge in [0.1, 0.15) is 0 Å². The summed E-state index contributed by atoms with van der Waals surface area (Å²) < 4.78 is 11.5. The Morgan fingerprint density at radius 2 is 1.57 bits per heavy atom. The van der Waals surface area contributed by atoms with E-state index >= 15 is 0 Å². The molecule has 0 spiro atoms. The van der Waals surface area contributed by atoms with Crippen molar-refractivity contribution in [2.45, 2.75) is 71.0 Å². The molecule has 0 aliphatic carbocycles. The first-order valence-corrected chi connectivity index (χ1v) is 8.60. The second kappa shape index (κ2) is 10.5. The third-order valence-corrected chi connectivity index (χ3v) is 3.65. The monoisotopic (exact) mass is 301 g/mol. The van der Waals surface area contributed by atoms with Gasteiger partial charge in [-0.3, -0.25) is 4.90 Å². The summed E-state index contributed by atoms with van der Waals surface area (Å²) in [5.74, 6) is 0. The zero-order valence-electron chi connectivity index (χ0n) is 14.3. The highest BCUT2D eigenvalue weighted by Gasteiger charge is 2.30. The maximum Gasteiger partial charge on any atom is 0.0835 e. The molecule has 0 aromatic carbocycles. The highest BCUT2D eigenvalue weighted by atomic mass is 16.5. The fourth-order valence-corrected chi connectivity index (χ4v) is 2.59. The van der Waals surface area contributed by atoms with Gasteiger partial charge in [-0.1, -0.05) is 0 Å². The van der Waals surface area contributed by atoms with Crippen molar-refractivity contribution in [3.8, 4) is 0 Å². The lowest BCUT2D eigenvalue weighted by atomic mass is 10.1. The highest BCUT2D eigenvalue weighted by Crippen LogP contribution is 2.19. The average molecular weight is 301 g/mol. The van der Waals surface area contributed by atoms with Crippen LogP contribution in [0.15, 0.2) is 0 Å². The van der Waals surface area contributed by atoms with Gasteiger partial charge in [-0.2, -0.15) is 0 Å². The maximum absolute atomic E-state index is 8.66. The van der Waals surface area contributed by atoms with Crippen LogP contribution in [0.25, 0.3) is 0 Å². The van der Waals surface area contributed by atoms with Gasteiger partial charge in [-0.05, 0) is 65.8 Å². The molecule has 1 N–H and O–H groups in total. The van der Waals surface area contributed by atoms with E-state index in [0.29, 0.717) is 12.7 Å². The molecule has 1 rings (SSSR count). The molecule has 1 aliphatic rings. The summed E-state index contributed by atoms with van der Waals surface area (Å²) in [5, 5.41) is 8.66. The molecule has 0 unspecified atom stereocenters. The molecule has 0 saturated carbocycles. The minimum atomic E-state index is -0.00866. The van der Waals surface area contributed by atoms with E-state index in [1.54, 1.807) is 0 Å². The number of hydrogen-bond acceptors (Lipinski definition) is 4. The van der Waals surface area contributed by atoms with Crippen molar-refractivity contribution in [1.82, 2.24) is 4.90 Å². The van der Waals surface area contributed by atoms with E-state index in [4.69, 9.17) is 14.6 Å².